The highest BCUT2D eigenvalue weighted by atomic mass is 32.1. The molecule has 134 valence electrons. The molecule has 0 fully saturated rings. The molecule has 0 spiro atoms. The van der Waals surface area contributed by atoms with Crippen molar-refractivity contribution in [3.8, 4) is 11.3 Å². The summed E-state index contributed by atoms with van der Waals surface area (Å²) >= 11 is 1.34. The maximum absolute atomic E-state index is 12.7. The van der Waals surface area contributed by atoms with E-state index >= 15 is 0 Å². The number of hydrogen-bond donors (Lipinski definition) is 1. The van der Waals surface area contributed by atoms with Crippen LogP contribution in [0.25, 0.3) is 16.2 Å². The monoisotopic (exact) mass is 378 g/mol. The van der Waals surface area contributed by atoms with E-state index < -0.39 is 10.8 Å². The van der Waals surface area contributed by atoms with Crippen molar-refractivity contribution in [2.45, 2.75) is 6.92 Å². The number of nitro benzene ring substituents is 1. The molecule has 2 aromatic heterocycles. The molecule has 1 N–H and O–H groups in total. The summed E-state index contributed by atoms with van der Waals surface area (Å²) in [6.45, 7) is 2.01. The number of para-hydroxylation sites is 2. The van der Waals surface area contributed by atoms with Gasteiger partial charge >= 0.3 is 0 Å². The van der Waals surface area contributed by atoms with E-state index in [1.807, 2.05) is 31.2 Å². The molecule has 0 unspecified atom stereocenters. The number of thiazole rings is 1. The molecule has 2 heterocycles. The molecule has 4 aromatic rings. The van der Waals surface area contributed by atoms with Gasteiger partial charge in [0.1, 0.15) is 11.4 Å². The van der Waals surface area contributed by atoms with Gasteiger partial charge in [0, 0.05) is 23.2 Å². The van der Waals surface area contributed by atoms with E-state index in [-0.39, 0.29) is 11.4 Å². The lowest BCUT2D eigenvalue weighted by Crippen LogP contribution is -2.14. The fraction of sp³-hybridized carbons (Fsp3) is 0.0526. The lowest BCUT2D eigenvalue weighted by molar-refractivity contribution is -0.383. The molecule has 7 nitrogen and oxygen atoms in total. The van der Waals surface area contributed by atoms with Crippen molar-refractivity contribution >= 4 is 33.6 Å². The molecule has 4 rings (SSSR count). The maximum atomic E-state index is 12.7. The number of aromatic nitrogens is 2. The van der Waals surface area contributed by atoms with Gasteiger partial charge in [0.2, 0.25) is 0 Å². The van der Waals surface area contributed by atoms with Gasteiger partial charge in [-0.2, -0.15) is 0 Å². The van der Waals surface area contributed by atoms with Gasteiger partial charge in [-0.25, -0.2) is 4.98 Å². The second-order valence-electron chi connectivity index (χ2n) is 5.99. The molecule has 0 aliphatic heterocycles. The highest BCUT2D eigenvalue weighted by molar-refractivity contribution is 7.15. The zero-order valence-corrected chi connectivity index (χ0v) is 15.1. The summed E-state index contributed by atoms with van der Waals surface area (Å²) in [7, 11) is 0. The smallest absolute Gasteiger partial charge is 0.292 e. The number of aryl methyl sites for hydroxylation is 1. The van der Waals surface area contributed by atoms with E-state index in [0.29, 0.717) is 10.7 Å². The third-order valence-corrected chi connectivity index (χ3v) is 4.98. The van der Waals surface area contributed by atoms with Gasteiger partial charge in [-0.1, -0.05) is 42.0 Å². The number of fused-ring (bicyclic) bond motifs is 1. The molecule has 0 atom stereocenters. The van der Waals surface area contributed by atoms with E-state index in [4.69, 9.17) is 0 Å². The van der Waals surface area contributed by atoms with Gasteiger partial charge in [-0.15, -0.1) is 11.3 Å². The van der Waals surface area contributed by atoms with Crippen LogP contribution in [0.4, 0.5) is 11.4 Å². The molecule has 0 saturated carbocycles. The molecule has 8 heteroatoms. The van der Waals surface area contributed by atoms with Crippen LogP contribution in [-0.4, -0.2) is 20.2 Å². The van der Waals surface area contributed by atoms with Crippen LogP contribution in [0.2, 0.25) is 0 Å². The Morgan fingerprint density at radius 3 is 2.67 bits per heavy atom. The Morgan fingerprint density at radius 1 is 1.19 bits per heavy atom. The van der Waals surface area contributed by atoms with Gasteiger partial charge in [0.05, 0.1) is 10.6 Å². The van der Waals surface area contributed by atoms with E-state index in [1.165, 1.54) is 23.5 Å². The third-order valence-electron chi connectivity index (χ3n) is 4.14. The fourth-order valence-electron chi connectivity index (χ4n) is 2.74. The number of anilines is 1. The lowest BCUT2D eigenvalue weighted by atomic mass is 10.1. The van der Waals surface area contributed by atoms with Gasteiger partial charge in [-0.05, 0) is 13.0 Å². The zero-order chi connectivity index (χ0) is 19.0. The molecule has 0 aliphatic carbocycles. The number of imidazole rings is 1. The fourth-order valence-corrected chi connectivity index (χ4v) is 3.59. The normalized spacial score (nSPS) is 10.9. The van der Waals surface area contributed by atoms with E-state index in [2.05, 4.69) is 10.3 Å². The van der Waals surface area contributed by atoms with Crippen LogP contribution in [0.1, 0.15) is 16.1 Å². The van der Waals surface area contributed by atoms with E-state index in [9.17, 15) is 14.9 Å². The van der Waals surface area contributed by atoms with Crippen molar-refractivity contribution in [3.05, 3.63) is 81.5 Å². The summed E-state index contributed by atoms with van der Waals surface area (Å²) < 4.78 is 1.70. The first-order valence-corrected chi connectivity index (χ1v) is 8.99. The summed E-state index contributed by atoms with van der Waals surface area (Å²) in [5.74, 6) is -0.427. The molecular weight excluding hydrogens is 364 g/mol. The first-order chi connectivity index (χ1) is 13.0. The number of nitrogens with one attached hydrogen (secondary N) is 1. The standard InChI is InChI=1S/C19H14N4O3S/c1-12-6-8-13(9-7-12)15-10-22-17(11-27-19(22)21-15)18(24)20-14-4-2-3-5-16(14)23(25)26/h2-11H,1H3,(H,20,24). The number of carbonyl (C=O) groups is 1. The summed E-state index contributed by atoms with van der Waals surface area (Å²) in [5.41, 5.74) is 3.26. The molecule has 2 aromatic carbocycles. The van der Waals surface area contributed by atoms with Crippen LogP contribution >= 0.6 is 11.3 Å². The van der Waals surface area contributed by atoms with Crippen molar-refractivity contribution in [1.29, 1.82) is 0 Å². The molecule has 27 heavy (non-hydrogen) atoms. The van der Waals surface area contributed by atoms with E-state index in [0.717, 1.165) is 16.8 Å². The summed E-state index contributed by atoms with van der Waals surface area (Å²) in [6.07, 6.45) is 1.80. The second-order valence-corrected chi connectivity index (χ2v) is 6.83. The van der Waals surface area contributed by atoms with Crippen LogP contribution in [0.3, 0.4) is 0 Å². The topological polar surface area (TPSA) is 89.5 Å². The highest BCUT2D eigenvalue weighted by Crippen LogP contribution is 2.27. The van der Waals surface area contributed by atoms with Crippen molar-refractivity contribution < 1.29 is 9.72 Å². The van der Waals surface area contributed by atoms with Crippen molar-refractivity contribution in [2.24, 2.45) is 0 Å². The SMILES string of the molecule is Cc1ccc(-c2cn3c(C(=O)Nc4ccccc4[N+](=O)[O-])csc3n2)cc1. The quantitative estimate of drug-likeness (QED) is 0.417. The van der Waals surface area contributed by atoms with Crippen molar-refractivity contribution in [3.63, 3.8) is 0 Å². The van der Waals surface area contributed by atoms with E-state index in [1.54, 1.807) is 28.1 Å². The summed E-state index contributed by atoms with van der Waals surface area (Å²) in [5, 5.41) is 15.4. The predicted octanol–water partition coefficient (Wildman–Crippen LogP) is 4.53. The van der Waals surface area contributed by atoms with Crippen molar-refractivity contribution in [1.82, 2.24) is 9.38 Å². The number of amides is 1. The molecule has 0 saturated heterocycles. The Kier molecular flexibility index (Phi) is 4.17. The number of nitrogens with zero attached hydrogens (tertiary/aromatic N) is 3. The van der Waals surface area contributed by atoms with Crippen LogP contribution in [0, 0.1) is 17.0 Å². The number of hydrogen-bond acceptors (Lipinski definition) is 5. The average molecular weight is 378 g/mol. The van der Waals surface area contributed by atoms with Crippen LogP contribution < -0.4 is 5.32 Å². The Bertz CT molecular complexity index is 1160. The minimum atomic E-state index is -0.522. The van der Waals surface area contributed by atoms with Gasteiger partial charge < -0.3 is 5.32 Å². The molecule has 0 radical (unpaired) electrons. The van der Waals surface area contributed by atoms with Gasteiger partial charge in [0.25, 0.3) is 11.6 Å². The highest BCUT2D eigenvalue weighted by Gasteiger charge is 2.19. The van der Waals surface area contributed by atoms with Crippen LogP contribution in [-0.2, 0) is 0 Å². The maximum Gasteiger partial charge on any atom is 0.292 e. The molecular formula is C19H14N4O3S. The first-order valence-electron chi connectivity index (χ1n) is 8.11. The minimum Gasteiger partial charge on any atom is -0.315 e. The number of nitro groups is 1. The van der Waals surface area contributed by atoms with Gasteiger partial charge in [0.15, 0.2) is 4.96 Å². The summed E-state index contributed by atoms with van der Waals surface area (Å²) in [6, 6.07) is 14.0. The number of benzene rings is 2. The van der Waals surface area contributed by atoms with Crippen molar-refractivity contribution in [2.75, 3.05) is 5.32 Å². The lowest BCUT2D eigenvalue weighted by Gasteiger charge is -2.05. The Labute approximate surface area is 158 Å². The largest absolute Gasteiger partial charge is 0.315 e. The predicted molar refractivity (Wildman–Crippen MR) is 104 cm³/mol. The molecule has 0 bridgehead atoms. The van der Waals surface area contributed by atoms with Crippen LogP contribution in [0.15, 0.2) is 60.1 Å². The number of carbonyl (C=O) groups excluding carboxylic acids is 1. The third kappa shape index (κ3) is 3.18. The van der Waals surface area contributed by atoms with Gasteiger partial charge in [-0.3, -0.25) is 19.3 Å². The number of rotatable bonds is 4. The molecule has 1 amide bonds. The second kappa shape index (κ2) is 6.65. The first kappa shape index (κ1) is 16.9. The molecule has 0 aliphatic rings. The average Bonchev–Trinajstić information content (AvgIpc) is 3.23. The van der Waals surface area contributed by atoms with Crippen LogP contribution in [0.5, 0.6) is 0 Å². The zero-order valence-electron chi connectivity index (χ0n) is 14.2. The summed E-state index contributed by atoms with van der Waals surface area (Å²) in [4.78, 5) is 28.5. The Hall–Kier alpha value is -3.52. The minimum absolute atomic E-state index is 0.150. The Morgan fingerprint density at radius 2 is 1.93 bits per heavy atom. The Balaban J connectivity index is 1.67.